The first-order valence-corrected chi connectivity index (χ1v) is 10.5. The van der Waals surface area contributed by atoms with Gasteiger partial charge in [0.1, 0.15) is 12.2 Å². The van der Waals surface area contributed by atoms with Crippen LogP contribution in [0.5, 0.6) is 0 Å². The SMILES string of the molecule is C=CCn1c(=O)n(Cc2ccc(C3CO3)cc2)c(=O)n(Cc2ccc(C3CO3)cc2)c1=O. The summed E-state index contributed by atoms with van der Waals surface area (Å²) in [6, 6.07) is 15.2. The Morgan fingerprint density at radius 1 is 0.719 bits per heavy atom. The summed E-state index contributed by atoms with van der Waals surface area (Å²) in [6.07, 6.45) is 1.74. The molecule has 3 aromatic rings. The van der Waals surface area contributed by atoms with E-state index in [9.17, 15) is 14.4 Å². The highest BCUT2D eigenvalue weighted by Gasteiger charge is 2.25. The third kappa shape index (κ3) is 4.02. The summed E-state index contributed by atoms with van der Waals surface area (Å²) in [5, 5.41) is 0. The Labute approximate surface area is 183 Å². The molecular formula is C24H23N3O5. The van der Waals surface area contributed by atoms with Crippen LogP contribution in [-0.2, 0) is 29.1 Å². The van der Waals surface area contributed by atoms with Crippen LogP contribution in [-0.4, -0.2) is 26.9 Å². The van der Waals surface area contributed by atoms with Crippen LogP contribution >= 0.6 is 0 Å². The maximum absolute atomic E-state index is 13.2. The van der Waals surface area contributed by atoms with Crippen molar-refractivity contribution in [3.63, 3.8) is 0 Å². The minimum Gasteiger partial charge on any atom is -0.368 e. The lowest BCUT2D eigenvalue weighted by Crippen LogP contribution is -2.54. The molecule has 2 aliphatic rings. The summed E-state index contributed by atoms with van der Waals surface area (Å²) in [7, 11) is 0. The van der Waals surface area contributed by atoms with Gasteiger partial charge in [-0.1, -0.05) is 54.6 Å². The summed E-state index contributed by atoms with van der Waals surface area (Å²) < 4.78 is 13.8. The standard InChI is InChI=1S/C24H23N3O5/c1-2-11-25-22(28)26(12-16-3-7-18(8-4-16)20-14-31-20)24(30)27(23(25)29)13-17-5-9-19(10-6-17)21-15-32-21/h2-10,20-21H,1,11-15H2. The zero-order chi connectivity index (χ0) is 22.2. The minimum absolute atomic E-state index is 0.0217. The molecule has 2 aliphatic heterocycles. The monoisotopic (exact) mass is 433 g/mol. The molecule has 0 spiro atoms. The zero-order valence-electron chi connectivity index (χ0n) is 17.5. The Bertz CT molecular complexity index is 1230. The summed E-state index contributed by atoms with van der Waals surface area (Å²) in [6.45, 7) is 5.22. The Morgan fingerprint density at radius 3 is 1.44 bits per heavy atom. The molecule has 0 aliphatic carbocycles. The van der Waals surface area contributed by atoms with E-state index in [0.29, 0.717) is 13.2 Å². The molecule has 0 bridgehead atoms. The van der Waals surface area contributed by atoms with Crippen LogP contribution in [0, 0.1) is 0 Å². The van der Waals surface area contributed by atoms with Crippen LogP contribution in [0.25, 0.3) is 0 Å². The van der Waals surface area contributed by atoms with Crippen LogP contribution < -0.4 is 17.1 Å². The van der Waals surface area contributed by atoms with E-state index in [1.54, 1.807) is 0 Å². The number of rotatable bonds is 8. The quantitative estimate of drug-likeness (QED) is 0.398. The molecule has 2 unspecified atom stereocenters. The van der Waals surface area contributed by atoms with Crippen LogP contribution in [0.2, 0.25) is 0 Å². The Morgan fingerprint density at radius 2 is 1.09 bits per heavy atom. The first-order valence-electron chi connectivity index (χ1n) is 10.5. The first-order chi connectivity index (χ1) is 15.5. The second-order valence-corrected chi connectivity index (χ2v) is 8.05. The van der Waals surface area contributed by atoms with Gasteiger partial charge in [-0.3, -0.25) is 0 Å². The van der Waals surface area contributed by atoms with Gasteiger partial charge in [0.2, 0.25) is 0 Å². The van der Waals surface area contributed by atoms with Crippen molar-refractivity contribution < 1.29 is 9.47 Å². The van der Waals surface area contributed by atoms with E-state index in [1.165, 1.54) is 6.08 Å². The predicted octanol–water partition coefficient (Wildman–Crippen LogP) is 1.60. The van der Waals surface area contributed by atoms with Gasteiger partial charge in [-0.15, -0.1) is 6.58 Å². The lowest BCUT2D eigenvalue weighted by Gasteiger charge is -2.14. The van der Waals surface area contributed by atoms with Crippen molar-refractivity contribution in [1.29, 1.82) is 0 Å². The van der Waals surface area contributed by atoms with Crippen LogP contribution in [0.4, 0.5) is 0 Å². The van der Waals surface area contributed by atoms with E-state index >= 15 is 0 Å². The summed E-state index contributed by atoms with van der Waals surface area (Å²) in [5.74, 6) is 0. The third-order valence-electron chi connectivity index (χ3n) is 5.75. The summed E-state index contributed by atoms with van der Waals surface area (Å²) >= 11 is 0. The molecule has 0 saturated carbocycles. The van der Waals surface area contributed by atoms with Crippen LogP contribution in [0.1, 0.15) is 34.5 Å². The molecule has 5 rings (SSSR count). The average molecular weight is 433 g/mol. The van der Waals surface area contributed by atoms with Crippen molar-refractivity contribution in [2.75, 3.05) is 13.2 Å². The number of hydrogen-bond donors (Lipinski definition) is 0. The highest BCUT2D eigenvalue weighted by atomic mass is 16.6. The third-order valence-corrected chi connectivity index (χ3v) is 5.75. The molecule has 1 aromatic heterocycles. The second-order valence-electron chi connectivity index (χ2n) is 8.05. The van der Waals surface area contributed by atoms with Crippen molar-refractivity contribution in [3.8, 4) is 0 Å². The van der Waals surface area contributed by atoms with E-state index in [4.69, 9.17) is 9.47 Å². The van der Waals surface area contributed by atoms with Gasteiger partial charge in [0, 0.05) is 0 Å². The van der Waals surface area contributed by atoms with Gasteiger partial charge < -0.3 is 9.47 Å². The maximum atomic E-state index is 13.2. The molecule has 0 N–H and O–H groups in total. The molecule has 8 heteroatoms. The second kappa shape index (κ2) is 8.22. The lowest BCUT2D eigenvalue weighted by molar-refractivity contribution is 0.415. The van der Waals surface area contributed by atoms with Gasteiger partial charge in [0.05, 0.1) is 32.8 Å². The summed E-state index contributed by atoms with van der Waals surface area (Å²) in [4.78, 5) is 39.1. The summed E-state index contributed by atoms with van der Waals surface area (Å²) in [5.41, 5.74) is 1.78. The average Bonchev–Trinajstić information content (AvgIpc) is 3.71. The van der Waals surface area contributed by atoms with Crippen LogP contribution in [0.3, 0.4) is 0 Å². The highest BCUT2D eigenvalue weighted by molar-refractivity contribution is 5.27. The van der Waals surface area contributed by atoms with Gasteiger partial charge >= 0.3 is 17.1 Å². The number of epoxide rings is 2. The van der Waals surface area contributed by atoms with Gasteiger partial charge in [-0.2, -0.15) is 0 Å². The fourth-order valence-corrected chi connectivity index (χ4v) is 3.76. The fraction of sp³-hybridized carbons (Fsp3) is 0.292. The van der Waals surface area contributed by atoms with E-state index < -0.39 is 17.1 Å². The van der Waals surface area contributed by atoms with Crippen molar-refractivity contribution in [2.24, 2.45) is 0 Å². The molecule has 164 valence electrons. The first kappa shape index (κ1) is 20.4. The molecule has 32 heavy (non-hydrogen) atoms. The molecule has 0 amide bonds. The lowest BCUT2D eigenvalue weighted by atomic mass is 10.1. The Kier molecular flexibility index (Phi) is 5.24. The zero-order valence-corrected chi connectivity index (χ0v) is 17.5. The number of benzene rings is 2. The number of hydrogen-bond acceptors (Lipinski definition) is 5. The maximum Gasteiger partial charge on any atom is 0.336 e. The molecule has 3 heterocycles. The van der Waals surface area contributed by atoms with Gasteiger partial charge in [-0.25, -0.2) is 28.1 Å². The molecule has 2 fully saturated rings. The van der Waals surface area contributed by atoms with E-state index in [0.717, 1.165) is 36.0 Å². The van der Waals surface area contributed by atoms with Gasteiger partial charge in [0.25, 0.3) is 0 Å². The normalized spacial score (nSPS) is 19.0. The molecule has 0 radical (unpaired) electrons. The molecule has 8 nitrogen and oxygen atoms in total. The predicted molar refractivity (Wildman–Crippen MR) is 118 cm³/mol. The van der Waals surface area contributed by atoms with Crippen molar-refractivity contribution in [2.45, 2.75) is 31.8 Å². The topological polar surface area (TPSA) is 91.1 Å². The number of allylic oxidation sites excluding steroid dienone is 1. The minimum atomic E-state index is -0.646. The van der Waals surface area contributed by atoms with Gasteiger partial charge in [0.15, 0.2) is 0 Å². The van der Waals surface area contributed by atoms with Crippen LogP contribution in [0.15, 0.2) is 75.6 Å². The number of aromatic nitrogens is 3. The molecular weight excluding hydrogens is 410 g/mol. The van der Waals surface area contributed by atoms with E-state index in [1.807, 2.05) is 48.5 Å². The number of nitrogens with zero attached hydrogens (tertiary/aromatic N) is 3. The largest absolute Gasteiger partial charge is 0.368 e. The fourth-order valence-electron chi connectivity index (χ4n) is 3.76. The Balaban J connectivity index is 1.51. The molecule has 2 atom stereocenters. The van der Waals surface area contributed by atoms with E-state index in [2.05, 4.69) is 6.58 Å². The smallest absolute Gasteiger partial charge is 0.336 e. The molecule has 2 aromatic carbocycles. The van der Waals surface area contributed by atoms with Gasteiger partial charge in [-0.05, 0) is 22.3 Å². The molecule has 2 saturated heterocycles. The highest BCUT2D eigenvalue weighted by Crippen LogP contribution is 2.30. The van der Waals surface area contributed by atoms with Crippen molar-refractivity contribution >= 4 is 0 Å². The Hall–Kier alpha value is -3.49. The number of ether oxygens (including phenoxy) is 2. The van der Waals surface area contributed by atoms with E-state index in [-0.39, 0.29) is 31.8 Å². The van der Waals surface area contributed by atoms with Crippen molar-refractivity contribution in [1.82, 2.24) is 13.7 Å². The van der Waals surface area contributed by atoms with Crippen molar-refractivity contribution in [3.05, 3.63) is 115 Å².